The van der Waals surface area contributed by atoms with Gasteiger partial charge in [0.2, 0.25) is 11.8 Å². The summed E-state index contributed by atoms with van der Waals surface area (Å²) in [4.78, 5) is 23.9. The van der Waals surface area contributed by atoms with Crippen LogP contribution in [0.4, 0.5) is 5.69 Å². The topological polar surface area (TPSA) is 58.2 Å². The SMILES string of the molecule is CCC[C@@H](Br)C(=O)NCCC(=O)Nc1ccc(C23CC4CC(CC(C4)C2)C3)cc1. The van der Waals surface area contributed by atoms with Crippen LogP contribution < -0.4 is 10.6 Å². The number of hydrogen-bond donors (Lipinski definition) is 2. The van der Waals surface area contributed by atoms with Crippen molar-refractivity contribution in [1.82, 2.24) is 5.32 Å². The molecule has 2 N–H and O–H groups in total. The number of carbonyl (C=O) groups is 2. The van der Waals surface area contributed by atoms with Crippen LogP contribution in [0.3, 0.4) is 0 Å². The van der Waals surface area contributed by atoms with Gasteiger partial charge in [-0.3, -0.25) is 9.59 Å². The van der Waals surface area contributed by atoms with Gasteiger partial charge in [0, 0.05) is 18.7 Å². The molecule has 0 saturated heterocycles. The van der Waals surface area contributed by atoms with Gasteiger partial charge in [0.05, 0.1) is 4.83 Å². The van der Waals surface area contributed by atoms with Gasteiger partial charge in [-0.15, -0.1) is 0 Å². The molecule has 0 aromatic heterocycles. The zero-order valence-corrected chi connectivity index (χ0v) is 19.0. The van der Waals surface area contributed by atoms with Crippen LogP contribution in [0.5, 0.6) is 0 Å². The number of halogens is 1. The molecule has 0 spiro atoms. The molecule has 5 rings (SSSR count). The Labute approximate surface area is 182 Å². The Morgan fingerprint density at radius 1 is 1.07 bits per heavy atom. The van der Waals surface area contributed by atoms with Gasteiger partial charge < -0.3 is 10.6 Å². The van der Waals surface area contributed by atoms with E-state index >= 15 is 0 Å². The Balaban J connectivity index is 1.28. The largest absolute Gasteiger partial charge is 0.355 e. The number of anilines is 1. The van der Waals surface area contributed by atoms with E-state index in [0.717, 1.165) is 36.3 Å². The smallest absolute Gasteiger partial charge is 0.233 e. The molecule has 0 aliphatic heterocycles. The predicted octanol–water partition coefficient (Wildman–Crippen LogP) is 5.16. The van der Waals surface area contributed by atoms with Crippen LogP contribution in [0, 0.1) is 17.8 Å². The second kappa shape index (κ2) is 8.79. The van der Waals surface area contributed by atoms with E-state index in [-0.39, 0.29) is 23.1 Å². The lowest BCUT2D eigenvalue weighted by Crippen LogP contribution is -2.48. The van der Waals surface area contributed by atoms with Gasteiger partial charge >= 0.3 is 0 Å². The Morgan fingerprint density at radius 2 is 1.66 bits per heavy atom. The van der Waals surface area contributed by atoms with Crippen molar-refractivity contribution in [3.63, 3.8) is 0 Å². The van der Waals surface area contributed by atoms with Gasteiger partial charge in [0.1, 0.15) is 0 Å². The van der Waals surface area contributed by atoms with Crippen LogP contribution in [0.2, 0.25) is 0 Å². The van der Waals surface area contributed by atoms with E-state index in [9.17, 15) is 9.59 Å². The highest BCUT2D eigenvalue weighted by Gasteiger charge is 2.51. The van der Waals surface area contributed by atoms with Crippen molar-refractivity contribution in [2.75, 3.05) is 11.9 Å². The zero-order chi connectivity index (χ0) is 20.4. The quantitative estimate of drug-likeness (QED) is 0.526. The van der Waals surface area contributed by atoms with Gasteiger partial charge in [0.15, 0.2) is 0 Å². The monoisotopic (exact) mass is 460 g/mol. The van der Waals surface area contributed by atoms with E-state index in [1.165, 1.54) is 44.1 Å². The lowest BCUT2D eigenvalue weighted by atomic mass is 9.48. The van der Waals surface area contributed by atoms with Crippen molar-refractivity contribution in [3.8, 4) is 0 Å². The average molecular weight is 461 g/mol. The lowest BCUT2D eigenvalue weighted by molar-refractivity contribution is -0.120. The number of nitrogens with one attached hydrogen (secondary N) is 2. The third kappa shape index (κ3) is 4.70. The molecule has 1 aromatic carbocycles. The molecular weight excluding hydrogens is 428 g/mol. The van der Waals surface area contributed by atoms with Crippen LogP contribution in [0.15, 0.2) is 24.3 Å². The van der Waals surface area contributed by atoms with Gasteiger partial charge in [-0.2, -0.15) is 0 Å². The fraction of sp³-hybridized carbons (Fsp3) is 0.667. The third-order valence-electron chi connectivity index (χ3n) is 7.30. The van der Waals surface area contributed by atoms with Gasteiger partial charge in [0.25, 0.3) is 0 Å². The first kappa shape index (κ1) is 20.9. The summed E-state index contributed by atoms with van der Waals surface area (Å²) < 4.78 is 0. The third-order valence-corrected chi connectivity index (χ3v) is 8.17. The molecule has 4 fully saturated rings. The normalized spacial score (nSPS) is 30.8. The molecular formula is C24H33BrN2O2. The molecule has 0 heterocycles. The molecule has 4 nitrogen and oxygen atoms in total. The maximum atomic E-state index is 12.2. The van der Waals surface area contributed by atoms with E-state index in [2.05, 4.69) is 50.8 Å². The summed E-state index contributed by atoms with van der Waals surface area (Å²) in [7, 11) is 0. The standard InChI is InChI=1S/C24H33BrN2O2/c1-2-3-21(25)23(29)26-9-8-22(28)27-20-6-4-19(5-7-20)24-13-16-10-17(14-24)12-18(11-16)15-24/h4-7,16-18,21H,2-3,8-15H2,1H3,(H,26,29)(H,27,28)/t16?,17?,18?,21-,24?/m1/s1. The maximum absolute atomic E-state index is 12.2. The number of carbonyl (C=O) groups excluding carboxylic acids is 2. The highest BCUT2D eigenvalue weighted by atomic mass is 79.9. The summed E-state index contributed by atoms with van der Waals surface area (Å²) in [5, 5.41) is 5.79. The maximum Gasteiger partial charge on any atom is 0.233 e. The number of hydrogen-bond acceptors (Lipinski definition) is 2. The second-order valence-corrected chi connectivity index (χ2v) is 10.7. The van der Waals surface area contributed by atoms with Crippen molar-refractivity contribution in [3.05, 3.63) is 29.8 Å². The van der Waals surface area contributed by atoms with E-state index < -0.39 is 0 Å². The number of benzene rings is 1. The molecule has 4 aliphatic carbocycles. The fourth-order valence-electron chi connectivity index (χ4n) is 6.39. The lowest BCUT2D eigenvalue weighted by Gasteiger charge is -2.57. The number of rotatable bonds is 8. The van der Waals surface area contributed by atoms with Crippen molar-refractivity contribution >= 4 is 33.4 Å². The molecule has 5 heteroatoms. The van der Waals surface area contributed by atoms with Crippen LogP contribution in [-0.2, 0) is 15.0 Å². The van der Waals surface area contributed by atoms with E-state index in [0.29, 0.717) is 12.0 Å². The molecule has 4 saturated carbocycles. The molecule has 4 aliphatic rings. The minimum atomic E-state index is -0.173. The van der Waals surface area contributed by atoms with E-state index in [4.69, 9.17) is 0 Å². The van der Waals surface area contributed by atoms with E-state index in [1.54, 1.807) is 0 Å². The average Bonchev–Trinajstić information content (AvgIpc) is 2.67. The zero-order valence-electron chi connectivity index (χ0n) is 17.4. The molecule has 29 heavy (non-hydrogen) atoms. The van der Waals surface area contributed by atoms with E-state index in [1.807, 2.05) is 6.92 Å². The Bertz CT molecular complexity index is 710. The first-order chi connectivity index (χ1) is 14.0. The summed E-state index contributed by atoms with van der Waals surface area (Å²) >= 11 is 3.38. The Morgan fingerprint density at radius 3 is 2.21 bits per heavy atom. The van der Waals surface area contributed by atoms with Gasteiger partial charge in [-0.25, -0.2) is 0 Å². The number of alkyl halides is 1. The molecule has 1 atom stereocenters. The minimum absolute atomic E-state index is 0.0421. The summed E-state index contributed by atoms with van der Waals surface area (Å²) in [6, 6.07) is 8.59. The summed E-state index contributed by atoms with van der Waals surface area (Å²) in [5.41, 5.74) is 2.71. The molecule has 158 valence electrons. The number of amides is 2. The van der Waals surface area contributed by atoms with Gasteiger partial charge in [-0.05, 0) is 85.8 Å². The molecule has 4 bridgehead atoms. The van der Waals surface area contributed by atoms with Crippen LogP contribution in [0.1, 0.15) is 70.3 Å². The molecule has 0 radical (unpaired) electrons. The Hall–Kier alpha value is -1.36. The minimum Gasteiger partial charge on any atom is -0.355 e. The molecule has 2 amide bonds. The summed E-state index contributed by atoms with van der Waals surface area (Å²) in [6.45, 7) is 2.41. The Kier molecular flexibility index (Phi) is 6.33. The van der Waals surface area contributed by atoms with Crippen LogP contribution in [-0.4, -0.2) is 23.2 Å². The molecule has 1 aromatic rings. The fourth-order valence-corrected chi connectivity index (χ4v) is 7.01. The van der Waals surface area contributed by atoms with Crippen molar-refractivity contribution < 1.29 is 9.59 Å². The first-order valence-corrected chi connectivity index (χ1v) is 12.2. The van der Waals surface area contributed by atoms with Crippen LogP contribution >= 0.6 is 15.9 Å². The summed E-state index contributed by atoms with van der Waals surface area (Å²) in [5.74, 6) is 2.71. The van der Waals surface area contributed by atoms with Crippen molar-refractivity contribution in [1.29, 1.82) is 0 Å². The van der Waals surface area contributed by atoms with Crippen LogP contribution in [0.25, 0.3) is 0 Å². The highest BCUT2D eigenvalue weighted by Crippen LogP contribution is 2.60. The second-order valence-electron chi connectivity index (χ2n) is 9.62. The predicted molar refractivity (Wildman–Crippen MR) is 120 cm³/mol. The van der Waals surface area contributed by atoms with Crippen molar-refractivity contribution in [2.45, 2.75) is 75.0 Å². The van der Waals surface area contributed by atoms with Crippen molar-refractivity contribution in [2.24, 2.45) is 17.8 Å². The highest BCUT2D eigenvalue weighted by molar-refractivity contribution is 9.10. The van der Waals surface area contributed by atoms with Gasteiger partial charge in [-0.1, -0.05) is 41.4 Å². The first-order valence-electron chi connectivity index (χ1n) is 11.3. The molecule has 0 unspecified atom stereocenters. The summed E-state index contributed by atoms with van der Waals surface area (Å²) in [6.07, 6.45) is 10.5.